The molecular weight excluding hydrogens is 370 g/mol. The molecule has 5 rings (SSSR count). The van der Waals surface area contributed by atoms with Crippen molar-refractivity contribution in [1.29, 1.82) is 0 Å². The summed E-state index contributed by atoms with van der Waals surface area (Å²) in [6, 6.07) is 6.00. The van der Waals surface area contributed by atoms with Crippen LogP contribution in [0.25, 0.3) is 16.6 Å². The molecule has 0 fully saturated rings. The van der Waals surface area contributed by atoms with Gasteiger partial charge in [-0.05, 0) is 19.1 Å². The van der Waals surface area contributed by atoms with Gasteiger partial charge >= 0.3 is 0 Å². The predicted octanol–water partition coefficient (Wildman–Crippen LogP) is 2.15. The van der Waals surface area contributed by atoms with Crippen LogP contribution in [0.1, 0.15) is 30.1 Å². The maximum atomic E-state index is 6.15. The number of methoxy groups -OCH3 is 1. The molecular formula is C20H23N7O2. The molecule has 1 aliphatic rings. The SMILES string of the molecule is COc1cccc2c1nc(N)n1nc(C[C@@H](C)N3CCc4oc(C)nc4C3)nc21. The minimum absolute atomic E-state index is 0.257. The van der Waals surface area contributed by atoms with E-state index < -0.39 is 0 Å². The number of benzene rings is 1. The lowest BCUT2D eigenvalue weighted by Gasteiger charge is -2.30. The average molecular weight is 393 g/mol. The van der Waals surface area contributed by atoms with Crippen molar-refractivity contribution < 1.29 is 9.15 Å². The maximum absolute atomic E-state index is 6.15. The van der Waals surface area contributed by atoms with Crippen molar-refractivity contribution >= 4 is 22.5 Å². The highest BCUT2D eigenvalue weighted by atomic mass is 16.5. The van der Waals surface area contributed by atoms with Gasteiger partial charge < -0.3 is 14.9 Å². The number of hydrogen-bond acceptors (Lipinski definition) is 8. The Labute approximate surface area is 167 Å². The monoisotopic (exact) mass is 393 g/mol. The zero-order valence-electron chi connectivity index (χ0n) is 16.7. The van der Waals surface area contributed by atoms with E-state index in [2.05, 4.69) is 26.9 Å². The molecule has 0 saturated heterocycles. The van der Waals surface area contributed by atoms with Gasteiger partial charge in [-0.2, -0.15) is 4.52 Å². The molecule has 2 N–H and O–H groups in total. The molecule has 29 heavy (non-hydrogen) atoms. The predicted molar refractivity (Wildman–Crippen MR) is 108 cm³/mol. The van der Waals surface area contributed by atoms with E-state index >= 15 is 0 Å². The number of oxazole rings is 1. The van der Waals surface area contributed by atoms with Crippen LogP contribution in [-0.2, 0) is 19.4 Å². The number of ether oxygens (including phenoxy) is 1. The molecule has 0 spiro atoms. The van der Waals surface area contributed by atoms with E-state index in [1.165, 1.54) is 0 Å². The van der Waals surface area contributed by atoms with Crippen molar-refractivity contribution in [3.63, 3.8) is 0 Å². The van der Waals surface area contributed by atoms with Crippen molar-refractivity contribution in [2.75, 3.05) is 19.4 Å². The van der Waals surface area contributed by atoms with Crippen LogP contribution in [0, 0.1) is 6.92 Å². The fourth-order valence-electron chi connectivity index (χ4n) is 4.04. The normalized spacial score (nSPS) is 15.7. The van der Waals surface area contributed by atoms with Crippen molar-refractivity contribution in [2.45, 2.75) is 39.3 Å². The van der Waals surface area contributed by atoms with Crippen molar-refractivity contribution in [3.8, 4) is 5.75 Å². The topological polar surface area (TPSA) is 108 Å². The number of anilines is 1. The summed E-state index contributed by atoms with van der Waals surface area (Å²) in [5, 5.41) is 5.48. The smallest absolute Gasteiger partial charge is 0.223 e. The van der Waals surface area contributed by atoms with Gasteiger partial charge in [0, 0.05) is 44.3 Å². The van der Waals surface area contributed by atoms with Gasteiger partial charge in [0.2, 0.25) is 5.95 Å². The number of fused-ring (bicyclic) bond motifs is 4. The molecule has 9 nitrogen and oxygen atoms in total. The number of nitrogen functional groups attached to an aromatic ring is 1. The Morgan fingerprint density at radius 3 is 2.97 bits per heavy atom. The highest BCUT2D eigenvalue weighted by molar-refractivity contribution is 5.95. The molecule has 1 aromatic carbocycles. The van der Waals surface area contributed by atoms with Gasteiger partial charge in [-0.15, -0.1) is 5.10 Å². The molecule has 9 heteroatoms. The molecule has 1 atom stereocenters. The number of aryl methyl sites for hydroxylation is 1. The van der Waals surface area contributed by atoms with Gasteiger partial charge in [0.1, 0.15) is 17.0 Å². The summed E-state index contributed by atoms with van der Waals surface area (Å²) in [7, 11) is 1.62. The molecule has 4 aromatic rings. The van der Waals surface area contributed by atoms with E-state index in [1.54, 1.807) is 11.6 Å². The molecule has 0 radical (unpaired) electrons. The maximum Gasteiger partial charge on any atom is 0.223 e. The van der Waals surface area contributed by atoms with Crippen LogP contribution in [0.3, 0.4) is 0 Å². The third-order valence-electron chi connectivity index (χ3n) is 5.52. The quantitative estimate of drug-likeness (QED) is 0.562. The summed E-state index contributed by atoms with van der Waals surface area (Å²) in [6.45, 7) is 5.79. The lowest BCUT2D eigenvalue weighted by molar-refractivity contribution is 0.178. The summed E-state index contributed by atoms with van der Waals surface area (Å²) < 4.78 is 12.7. The number of para-hydroxylation sites is 1. The van der Waals surface area contributed by atoms with Crippen LogP contribution < -0.4 is 10.5 Å². The third kappa shape index (κ3) is 2.98. The third-order valence-corrected chi connectivity index (χ3v) is 5.52. The van der Waals surface area contributed by atoms with E-state index in [9.17, 15) is 0 Å². The second kappa shape index (κ2) is 6.70. The fourth-order valence-corrected chi connectivity index (χ4v) is 4.04. The Balaban J connectivity index is 1.45. The van der Waals surface area contributed by atoms with Crippen LogP contribution >= 0.6 is 0 Å². The number of aromatic nitrogens is 5. The fraction of sp³-hybridized carbons (Fsp3) is 0.400. The minimum atomic E-state index is 0.257. The van der Waals surface area contributed by atoms with E-state index in [4.69, 9.17) is 19.9 Å². The van der Waals surface area contributed by atoms with Gasteiger partial charge in [-0.25, -0.2) is 15.0 Å². The Kier molecular flexibility index (Phi) is 4.13. The lowest BCUT2D eigenvalue weighted by atomic mass is 10.1. The second-order valence-electron chi connectivity index (χ2n) is 7.47. The average Bonchev–Trinajstić information content (AvgIpc) is 3.30. The van der Waals surface area contributed by atoms with Crippen LogP contribution in [0.5, 0.6) is 5.75 Å². The first kappa shape index (κ1) is 17.9. The van der Waals surface area contributed by atoms with Crippen LogP contribution in [0.4, 0.5) is 5.95 Å². The van der Waals surface area contributed by atoms with E-state index in [-0.39, 0.29) is 6.04 Å². The molecule has 4 heterocycles. The standard InChI is InChI=1S/C20H23N7O2/c1-11(26-8-7-15-14(10-26)22-12(2)29-15)9-17-23-19-13-5-4-6-16(28-3)18(13)24-20(21)27(19)25-17/h4-6,11H,7-10H2,1-3H3,(H2,21,24)/t11-/m1/s1. The Hall–Kier alpha value is -3.20. The summed E-state index contributed by atoms with van der Waals surface area (Å²) in [5.41, 5.74) is 8.58. The van der Waals surface area contributed by atoms with Crippen LogP contribution in [0.2, 0.25) is 0 Å². The number of rotatable bonds is 4. The van der Waals surface area contributed by atoms with Gasteiger partial charge in [0.05, 0.1) is 12.8 Å². The molecule has 0 aliphatic carbocycles. The van der Waals surface area contributed by atoms with Crippen LogP contribution in [0.15, 0.2) is 22.6 Å². The molecule has 3 aromatic heterocycles. The lowest BCUT2D eigenvalue weighted by Crippen LogP contribution is -2.38. The zero-order valence-corrected chi connectivity index (χ0v) is 16.7. The summed E-state index contributed by atoms with van der Waals surface area (Å²) in [6.07, 6.45) is 1.58. The first-order valence-corrected chi connectivity index (χ1v) is 9.70. The zero-order chi connectivity index (χ0) is 20.1. The summed E-state index contributed by atoms with van der Waals surface area (Å²) >= 11 is 0. The molecule has 150 valence electrons. The van der Waals surface area contributed by atoms with E-state index in [0.717, 1.165) is 48.1 Å². The number of nitrogens with two attached hydrogens (primary N) is 1. The Morgan fingerprint density at radius 1 is 1.28 bits per heavy atom. The molecule has 1 aliphatic heterocycles. The highest BCUT2D eigenvalue weighted by Crippen LogP contribution is 2.28. The summed E-state index contributed by atoms with van der Waals surface area (Å²) in [4.78, 5) is 16.1. The van der Waals surface area contributed by atoms with Gasteiger partial charge in [0.25, 0.3) is 0 Å². The largest absolute Gasteiger partial charge is 0.494 e. The Morgan fingerprint density at radius 2 is 2.14 bits per heavy atom. The highest BCUT2D eigenvalue weighted by Gasteiger charge is 2.26. The first-order valence-electron chi connectivity index (χ1n) is 9.70. The second-order valence-corrected chi connectivity index (χ2v) is 7.47. The van der Waals surface area contributed by atoms with Crippen LogP contribution in [-0.4, -0.2) is 49.2 Å². The van der Waals surface area contributed by atoms with Crippen molar-refractivity contribution in [1.82, 2.24) is 29.5 Å². The number of nitrogens with zero attached hydrogens (tertiary/aromatic N) is 6. The summed E-state index contributed by atoms with van der Waals surface area (Å²) in [5.74, 6) is 3.45. The molecule has 0 unspecified atom stereocenters. The molecule has 0 amide bonds. The Bertz CT molecular complexity index is 1210. The number of hydrogen-bond donors (Lipinski definition) is 1. The minimum Gasteiger partial charge on any atom is -0.494 e. The van der Waals surface area contributed by atoms with Crippen molar-refractivity contribution in [2.24, 2.45) is 0 Å². The van der Waals surface area contributed by atoms with E-state index in [0.29, 0.717) is 29.3 Å². The molecule has 0 saturated carbocycles. The van der Waals surface area contributed by atoms with Gasteiger partial charge in [0.15, 0.2) is 17.4 Å². The van der Waals surface area contributed by atoms with Gasteiger partial charge in [-0.1, -0.05) is 6.07 Å². The van der Waals surface area contributed by atoms with Gasteiger partial charge in [-0.3, -0.25) is 4.90 Å². The van der Waals surface area contributed by atoms with Crippen molar-refractivity contribution in [3.05, 3.63) is 41.4 Å². The first-order chi connectivity index (χ1) is 14.0. The van der Waals surface area contributed by atoms with E-state index in [1.807, 2.05) is 25.1 Å². The molecule has 0 bridgehead atoms.